The number of aryl methyl sites for hydroxylation is 1. The fraction of sp³-hybridized carbons (Fsp3) is 0.188. The van der Waals surface area contributed by atoms with Crippen LogP contribution in [-0.2, 0) is 13.1 Å². The highest BCUT2D eigenvalue weighted by Gasteiger charge is 2.03. The highest BCUT2D eigenvalue weighted by molar-refractivity contribution is 5.42. The van der Waals surface area contributed by atoms with Crippen LogP contribution in [0.25, 0.3) is 0 Å². The number of aromatic nitrogens is 3. The number of pyridine rings is 1. The second kappa shape index (κ2) is 6.71. The summed E-state index contributed by atoms with van der Waals surface area (Å²) in [5.74, 6) is 2.17. The Kier molecular flexibility index (Phi) is 4.29. The number of furan rings is 1. The van der Waals surface area contributed by atoms with Gasteiger partial charge in [0.2, 0.25) is 5.95 Å². The summed E-state index contributed by atoms with van der Waals surface area (Å²) in [7, 11) is 0. The van der Waals surface area contributed by atoms with E-state index in [0.29, 0.717) is 19.0 Å². The number of hydrogen-bond acceptors (Lipinski definition) is 6. The third-order valence-corrected chi connectivity index (χ3v) is 3.03. The van der Waals surface area contributed by atoms with Crippen LogP contribution < -0.4 is 10.6 Å². The number of anilines is 2. The molecule has 0 saturated heterocycles. The molecule has 112 valence electrons. The molecule has 0 spiro atoms. The van der Waals surface area contributed by atoms with Crippen molar-refractivity contribution in [1.82, 2.24) is 15.0 Å². The van der Waals surface area contributed by atoms with E-state index in [2.05, 4.69) is 25.6 Å². The number of nitrogens with one attached hydrogen (secondary N) is 2. The van der Waals surface area contributed by atoms with Crippen LogP contribution in [0.3, 0.4) is 0 Å². The first-order valence-electron chi connectivity index (χ1n) is 7.05. The van der Waals surface area contributed by atoms with E-state index in [9.17, 15) is 0 Å². The Labute approximate surface area is 128 Å². The minimum absolute atomic E-state index is 0.552. The van der Waals surface area contributed by atoms with Crippen LogP contribution >= 0.6 is 0 Å². The van der Waals surface area contributed by atoms with Crippen LogP contribution in [0.2, 0.25) is 0 Å². The van der Waals surface area contributed by atoms with Gasteiger partial charge >= 0.3 is 0 Å². The van der Waals surface area contributed by atoms with Crippen LogP contribution in [-0.4, -0.2) is 15.0 Å². The minimum atomic E-state index is 0.552. The van der Waals surface area contributed by atoms with Gasteiger partial charge in [0.1, 0.15) is 11.6 Å². The van der Waals surface area contributed by atoms with E-state index in [1.807, 2.05) is 43.3 Å². The molecule has 0 amide bonds. The second-order valence-electron chi connectivity index (χ2n) is 4.83. The summed E-state index contributed by atoms with van der Waals surface area (Å²) in [6.07, 6.45) is 3.42. The minimum Gasteiger partial charge on any atom is -0.467 e. The van der Waals surface area contributed by atoms with Crippen LogP contribution in [0.4, 0.5) is 11.8 Å². The fourth-order valence-corrected chi connectivity index (χ4v) is 2.00. The van der Waals surface area contributed by atoms with Crippen molar-refractivity contribution in [2.45, 2.75) is 20.0 Å². The Morgan fingerprint density at radius 3 is 2.77 bits per heavy atom. The largest absolute Gasteiger partial charge is 0.467 e. The van der Waals surface area contributed by atoms with Crippen molar-refractivity contribution in [3.8, 4) is 0 Å². The summed E-state index contributed by atoms with van der Waals surface area (Å²) < 4.78 is 5.28. The van der Waals surface area contributed by atoms with Gasteiger partial charge in [0.15, 0.2) is 0 Å². The first-order chi connectivity index (χ1) is 10.8. The zero-order valence-corrected chi connectivity index (χ0v) is 12.3. The van der Waals surface area contributed by atoms with Gasteiger partial charge < -0.3 is 15.1 Å². The molecule has 0 aliphatic carbocycles. The van der Waals surface area contributed by atoms with E-state index in [-0.39, 0.29) is 0 Å². The molecule has 3 aromatic heterocycles. The average Bonchev–Trinajstić information content (AvgIpc) is 3.05. The van der Waals surface area contributed by atoms with Gasteiger partial charge in [0, 0.05) is 18.0 Å². The Hall–Kier alpha value is -2.89. The van der Waals surface area contributed by atoms with Gasteiger partial charge in [-0.1, -0.05) is 6.07 Å². The molecule has 0 aliphatic rings. The van der Waals surface area contributed by atoms with Gasteiger partial charge in [-0.3, -0.25) is 4.98 Å². The molecule has 0 unspecified atom stereocenters. The lowest BCUT2D eigenvalue weighted by atomic mass is 10.3. The standard InChI is InChI=1S/C16H17N5O/c1-12-9-15(18-10-13-5-2-3-7-17-13)21-16(20-12)19-11-14-6-4-8-22-14/h2-9H,10-11H2,1H3,(H2,18,19,20,21). The molecular formula is C16H17N5O. The SMILES string of the molecule is Cc1cc(NCc2ccccn2)nc(NCc2ccco2)n1. The first kappa shape index (κ1) is 14.1. The highest BCUT2D eigenvalue weighted by Crippen LogP contribution is 2.12. The molecule has 0 radical (unpaired) electrons. The summed E-state index contributed by atoms with van der Waals surface area (Å²) in [5.41, 5.74) is 1.85. The molecule has 3 heterocycles. The van der Waals surface area contributed by atoms with Crippen LogP contribution in [0.1, 0.15) is 17.1 Å². The number of hydrogen-bond donors (Lipinski definition) is 2. The van der Waals surface area contributed by atoms with Crippen molar-refractivity contribution >= 4 is 11.8 Å². The molecule has 0 bridgehead atoms. The Balaban J connectivity index is 1.64. The maximum Gasteiger partial charge on any atom is 0.225 e. The lowest BCUT2D eigenvalue weighted by Crippen LogP contribution is -2.08. The van der Waals surface area contributed by atoms with Crippen molar-refractivity contribution in [2.24, 2.45) is 0 Å². The number of rotatable bonds is 6. The van der Waals surface area contributed by atoms with Crippen molar-refractivity contribution < 1.29 is 4.42 Å². The van der Waals surface area contributed by atoms with Crippen LogP contribution in [0.15, 0.2) is 53.3 Å². The topological polar surface area (TPSA) is 75.9 Å². The second-order valence-corrected chi connectivity index (χ2v) is 4.83. The van der Waals surface area contributed by atoms with Crippen LogP contribution in [0.5, 0.6) is 0 Å². The molecule has 2 N–H and O–H groups in total. The summed E-state index contributed by atoms with van der Waals surface area (Å²) in [5, 5.41) is 6.41. The van der Waals surface area contributed by atoms with Crippen LogP contribution in [0, 0.1) is 6.92 Å². The molecule has 6 heteroatoms. The molecule has 3 rings (SSSR count). The monoisotopic (exact) mass is 295 g/mol. The smallest absolute Gasteiger partial charge is 0.225 e. The molecule has 6 nitrogen and oxygen atoms in total. The lowest BCUT2D eigenvalue weighted by molar-refractivity contribution is 0.517. The van der Waals surface area contributed by atoms with E-state index in [4.69, 9.17) is 4.42 Å². The average molecular weight is 295 g/mol. The third-order valence-electron chi connectivity index (χ3n) is 3.03. The molecular weight excluding hydrogens is 278 g/mol. The van der Waals surface area contributed by atoms with Gasteiger partial charge in [-0.25, -0.2) is 4.98 Å². The first-order valence-corrected chi connectivity index (χ1v) is 7.05. The van der Waals surface area contributed by atoms with E-state index >= 15 is 0 Å². The zero-order chi connectivity index (χ0) is 15.2. The Morgan fingerprint density at radius 1 is 1.05 bits per heavy atom. The Bertz CT molecular complexity index is 713. The van der Waals surface area contributed by atoms with Crippen molar-refractivity contribution in [3.05, 3.63) is 66.0 Å². The predicted octanol–water partition coefficient (Wildman–Crippen LogP) is 3.00. The van der Waals surface area contributed by atoms with Gasteiger partial charge in [0.25, 0.3) is 0 Å². The van der Waals surface area contributed by atoms with Gasteiger partial charge in [-0.15, -0.1) is 0 Å². The molecule has 0 aromatic carbocycles. The van der Waals surface area contributed by atoms with Crippen molar-refractivity contribution in [2.75, 3.05) is 10.6 Å². The quantitative estimate of drug-likeness (QED) is 0.728. The van der Waals surface area contributed by atoms with E-state index < -0.39 is 0 Å². The summed E-state index contributed by atoms with van der Waals surface area (Å²) in [6, 6.07) is 11.5. The van der Waals surface area contributed by atoms with Crippen molar-refractivity contribution in [3.63, 3.8) is 0 Å². The lowest BCUT2D eigenvalue weighted by Gasteiger charge is -2.09. The summed E-state index contributed by atoms with van der Waals surface area (Å²) in [4.78, 5) is 13.1. The van der Waals surface area contributed by atoms with Gasteiger partial charge in [-0.05, 0) is 31.2 Å². The summed E-state index contributed by atoms with van der Waals surface area (Å²) >= 11 is 0. The highest BCUT2D eigenvalue weighted by atomic mass is 16.3. The molecule has 0 fully saturated rings. The number of nitrogens with zero attached hydrogens (tertiary/aromatic N) is 3. The molecule has 0 aliphatic heterocycles. The van der Waals surface area contributed by atoms with E-state index in [1.165, 1.54) is 0 Å². The molecule has 22 heavy (non-hydrogen) atoms. The maximum absolute atomic E-state index is 5.28. The molecule has 0 atom stereocenters. The van der Waals surface area contributed by atoms with Gasteiger partial charge in [-0.2, -0.15) is 4.98 Å². The summed E-state index contributed by atoms with van der Waals surface area (Å²) in [6.45, 7) is 3.11. The van der Waals surface area contributed by atoms with Gasteiger partial charge in [0.05, 0.1) is 25.0 Å². The zero-order valence-electron chi connectivity index (χ0n) is 12.3. The molecule has 3 aromatic rings. The Morgan fingerprint density at radius 2 is 2.00 bits per heavy atom. The normalized spacial score (nSPS) is 10.4. The van der Waals surface area contributed by atoms with Crippen molar-refractivity contribution in [1.29, 1.82) is 0 Å². The van der Waals surface area contributed by atoms with E-state index in [0.717, 1.165) is 23.0 Å². The maximum atomic E-state index is 5.28. The fourth-order valence-electron chi connectivity index (χ4n) is 2.00. The third kappa shape index (κ3) is 3.82. The molecule has 0 saturated carbocycles. The predicted molar refractivity (Wildman–Crippen MR) is 84.4 cm³/mol. The van der Waals surface area contributed by atoms with E-state index in [1.54, 1.807) is 12.5 Å².